The van der Waals surface area contributed by atoms with Gasteiger partial charge in [-0.2, -0.15) is 0 Å². The second-order valence-corrected chi connectivity index (χ2v) is 14.7. The number of benzene rings is 5. The number of hydrogen-bond acceptors (Lipinski definition) is 7. The van der Waals surface area contributed by atoms with Crippen molar-refractivity contribution in [2.45, 2.75) is 30.4 Å². The van der Waals surface area contributed by atoms with Crippen LogP contribution in [-0.2, 0) is 14.3 Å². The normalized spacial score (nSPS) is 11.7. The number of hydrogen-bond donors (Lipinski definition) is 3. The summed E-state index contributed by atoms with van der Waals surface area (Å²) in [6.45, 7) is 3.90. The van der Waals surface area contributed by atoms with E-state index < -0.39 is 23.0 Å². The van der Waals surface area contributed by atoms with Crippen LogP contribution in [-0.4, -0.2) is 36.1 Å². The lowest BCUT2D eigenvalue weighted by Gasteiger charge is -2.16. The molecule has 5 aromatic carbocycles. The Kier molecular flexibility index (Phi) is 12.7. The molecular weight excluding hydrogens is 727 g/mol. The molecule has 6 rings (SSSR count). The van der Waals surface area contributed by atoms with E-state index in [0.29, 0.717) is 33.8 Å². The molecule has 0 saturated carbocycles. The van der Waals surface area contributed by atoms with Crippen LogP contribution >= 0.6 is 23.1 Å². The van der Waals surface area contributed by atoms with Crippen molar-refractivity contribution in [1.82, 2.24) is 5.32 Å². The summed E-state index contributed by atoms with van der Waals surface area (Å²) in [5, 5.41) is 10.4. The molecule has 6 aromatic rings. The van der Waals surface area contributed by atoms with E-state index >= 15 is 0 Å². The summed E-state index contributed by atoms with van der Waals surface area (Å²) in [5.41, 5.74) is 6.72. The van der Waals surface area contributed by atoms with Crippen molar-refractivity contribution < 1.29 is 23.9 Å². The Labute approximate surface area is 328 Å². The number of carbonyl (C=O) groups is 4. The van der Waals surface area contributed by atoms with Gasteiger partial charge in [-0.1, -0.05) is 116 Å². The van der Waals surface area contributed by atoms with Crippen molar-refractivity contribution in [3.8, 4) is 22.3 Å². The van der Waals surface area contributed by atoms with Crippen LogP contribution in [0.4, 0.5) is 10.7 Å². The number of aryl methyl sites for hydroxylation is 1. The van der Waals surface area contributed by atoms with Gasteiger partial charge in [0.1, 0.15) is 16.3 Å². The molecule has 3 amide bonds. The molecule has 0 spiro atoms. The average Bonchev–Trinajstić information content (AvgIpc) is 3.63. The molecule has 1 unspecified atom stereocenters. The minimum atomic E-state index is -0.533. The van der Waals surface area contributed by atoms with Crippen molar-refractivity contribution in [1.29, 1.82) is 0 Å². The topological polar surface area (TPSA) is 114 Å². The van der Waals surface area contributed by atoms with E-state index in [1.165, 1.54) is 30.2 Å². The Balaban J connectivity index is 1.19. The highest BCUT2D eigenvalue weighted by Gasteiger charge is 2.26. The zero-order valence-corrected chi connectivity index (χ0v) is 32.1. The number of nitrogens with one attached hydrogen (secondary N) is 3. The first kappa shape index (κ1) is 38.5. The monoisotopic (exact) mass is 765 g/mol. The molecule has 55 heavy (non-hydrogen) atoms. The van der Waals surface area contributed by atoms with Gasteiger partial charge in [0.05, 0.1) is 12.4 Å². The van der Waals surface area contributed by atoms with Gasteiger partial charge in [0.15, 0.2) is 0 Å². The molecule has 3 N–H and O–H groups in total. The first-order valence-corrected chi connectivity index (χ1v) is 19.4. The van der Waals surface area contributed by atoms with Gasteiger partial charge in [-0.15, -0.1) is 23.1 Å². The molecule has 0 aliphatic rings. The van der Waals surface area contributed by atoms with Crippen LogP contribution in [0.1, 0.15) is 45.2 Å². The third-order valence-corrected chi connectivity index (χ3v) is 10.9. The van der Waals surface area contributed by atoms with Crippen LogP contribution in [0, 0.1) is 6.92 Å². The summed E-state index contributed by atoms with van der Waals surface area (Å²) in [6.07, 6.45) is 2.14. The Morgan fingerprint density at radius 1 is 0.764 bits per heavy atom. The second-order valence-electron chi connectivity index (χ2n) is 12.6. The van der Waals surface area contributed by atoms with E-state index in [1.807, 2.05) is 110 Å². The maximum atomic E-state index is 13.8. The Bertz CT molecular complexity index is 2320. The van der Waals surface area contributed by atoms with Crippen molar-refractivity contribution >= 4 is 63.6 Å². The number of esters is 1. The van der Waals surface area contributed by atoms with E-state index in [1.54, 1.807) is 48.5 Å². The Morgan fingerprint density at radius 2 is 1.42 bits per heavy atom. The van der Waals surface area contributed by atoms with Gasteiger partial charge in [0.25, 0.3) is 11.8 Å². The summed E-state index contributed by atoms with van der Waals surface area (Å²) in [4.78, 5) is 54.3. The van der Waals surface area contributed by atoms with Crippen LogP contribution in [0.5, 0.6) is 0 Å². The zero-order chi connectivity index (χ0) is 38.7. The molecule has 1 aromatic heterocycles. The lowest BCUT2D eigenvalue weighted by Crippen LogP contribution is -2.30. The smallest absolute Gasteiger partial charge is 0.341 e. The van der Waals surface area contributed by atoms with E-state index in [2.05, 4.69) is 16.0 Å². The number of thiophene rings is 1. The number of anilines is 2. The maximum absolute atomic E-state index is 13.8. The van der Waals surface area contributed by atoms with Crippen LogP contribution < -0.4 is 16.0 Å². The SMILES string of the molecule is CCC(Sc1cccc(NC(=O)/C(=C\c2ccc(-c3ccccc3)cc2)NC(=O)c2ccccc2)c1)C(=O)Nc1scc(-c2ccc(C)cc2)c1C(=O)OC. The van der Waals surface area contributed by atoms with Gasteiger partial charge in [0.2, 0.25) is 5.91 Å². The van der Waals surface area contributed by atoms with E-state index in [-0.39, 0.29) is 11.6 Å². The third kappa shape index (κ3) is 9.85. The van der Waals surface area contributed by atoms with Crippen molar-refractivity contribution in [3.05, 3.63) is 167 Å². The van der Waals surface area contributed by atoms with Gasteiger partial charge in [0, 0.05) is 27.1 Å². The fourth-order valence-electron chi connectivity index (χ4n) is 5.74. The third-order valence-electron chi connectivity index (χ3n) is 8.67. The fraction of sp³-hybridized carbons (Fsp3) is 0.111. The van der Waals surface area contributed by atoms with Gasteiger partial charge in [-0.25, -0.2) is 4.79 Å². The lowest BCUT2D eigenvalue weighted by atomic mass is 10.0. The number of ether oxygens (including phenoxy) is 1. The van der Waals surface area contributed by atoms with Gasteiger partial charge >= 0.3 is 5.97 Å². The molecule has 0 aliphatic carbocycles. The van der Waals surface area contributed by atoms with Crippen LogP contribution in [0.2, 0.25) is 0 Å². The number of methoxy groups -OCH3 is 1. The summed E-state index contributed by atoms with van der Waals surface area (Å²) in [7, 11) is 1.32. The minimum Gasteiger partial charge on any atom is -0.465 e. The first-order valence-electron chi connectivity index (χ1n) is 17.6. The highest BCUT2D eigenvalue weighted by atomic mass is 32.2. The van der Waals surface area contributed by atoms with Crippen molar-refractivity contribution in [2.75, 3.05) is 17.7 Å². The van der Waals surface area contributed by atoms with Crippen LogP contribution in [0.25, 0.3) is 28.3 Å². The lowest BCUT2D eigenvalue weighted by molar-refractivity contribution is -0.116. The molecule has 276 valence electrons. The molecule has 0 bridgehead atoms. The van der Waals surface area contributed by atoms with Crippen LogP contribution in [0.3, 0.4) is 0 Å². The average molecular weight is 766 g/mol. The summed E-state index contributed by atoms with van der Waals surface area (Å²) in [6, 6.07) is 41.4. The van der Waals surface area contributed by atoms with Gasteiger partial charge < -0.3 is 20.7 Å². The maximum Gasteiger partial charge on any atom is 0.341 e. The highest BCUT2D eigenvalue weighted by molar-refractivity contribution is 8.00. The van der Waals surface area contributed by atoms with E-state index in [4.69, 9.17) is 4.74 Å². The molecule has 0 radical (unpaired) electrons. The fourth-order valence-corrected chi connectivity index (χ4v) is 7.71. The molecule has 0 aliphatic heterocycles. The van der Waals surface area contributed by atoms with Crippen molar-refractivity contribution in [3.63, 3.8) is 0 Å². The Morgan fingerprint density at radius 3 is 2.09 bits per heavy atom. The predicted octanol–water partition coefficient (Wildman–Crippen LogP) is 10.1. The first-order chi connectivity index (χ1) is 26.7. The second kappa shape index (κ2) is 18.2. The molecule has 10 heteroatoms. The minimum absolute atomic E-state index is 0.0625. The quantitative estimate of drug-likeness (QED) is 0.0613. The largest absolute Gasteiger partial charge is 0.465 e. The van der Waals surface area contributed by atoms with Crippen molar-refractivity contribution in [2.24, 2.45) is 0 Å². The highest BCUT2D eigenvalue weighted by Crippen LogP contribution is 2.37. The zero-order valence-electron chi connectivity index (χ0n) is 30.5. The molecule has 1 heterocycles. The summed E-state index contributed by atoms with van der Waals surface area (Å²) in [5.74, 6) is -1.73. The summed E-state index contributed by atoms with van der Waals surface area (Å²) >= 11 is 2.61. The molecule has 0 saturated heterocycles. The van der Waals surface area contributed by atoms with Crippen LogP contribution in [0.15, 0.2) is 149 Å². The van der Waals surface area contributed by atoms with E-state index in [9.17, 15) is 19.2 Å². The molecule has 8 nitrogen and oxygen atoms in total. The molecule has 1 atom stereocenters. The van der Waals surface area contributed by atoms with E-state index in [0.717, 1.165) is 32.7 Å². The Hall–Kier alpha value is -6.23. The predicted molar refractivity (Wildman–Crippen MR) is 223 cm³/mol. The summed E-state index contributed by atoms with van der Waals surface area (Å²) < 4.78 is 5.09. The van der Waals surface area contributed by atoms with Gasteiger partial charge in [-0.05, 0) is 72.0 Å². The molecular formula is C45H39N3O5S2. The number of carbonyl (C=O) groups excluding carboxylic acids is 4. The standard InChI is InChI=1S/C45H39N3O5S2/c1-4-39(43(51)48-44-40(45(52)53-3)37(28-54-44)33-22-18-29(2)19-23-33)55-36-17-11-16-35(27-36)46-42(50)38(47-41(49)34-14-9-6-10-15-34)26-30-20-24-32(25-21-30)31-12-7-5-8-13-31/h5-28,39H,4H2,1-3H3,(H,46,50)(H,47,49)(H,48,51)/b38-26+. The number of thioether (sulfide) groups is 1. The van der Waals surface area contributed by atoms with Gasteiger partial charge in [-0.3, -0.25) is 14.4 Å². The number of amides is 3. The number of rotatable bonds is 13. The molecule has 0 fully saturated rings.